The van der Waals surface area contributed by atoms with Crippen LogP contribution in [0, 0.1) is 0 Å². The SMILES string of the molecule is CCCc1c(N)ncnc1-c1cnccn1. The monoisotopic (exact) mass is 215 g/mol. The van der Waals surface area contributed by atoms with E-state index in [1.54, 1.807) is 18.6 Å². The van der Waals surface area contributed by atoms with Gasteiger partial charge in [-0.05, 0) is 6.42 Å². The fraction of sp³-hybridized carbons (Fsp3) is 0.273. The van der Waals surface area contributed by atoms with Gasteiger partial charge >= 0.3 is 0 Å². The van der Waals surface area contributed by atoms with E-state index in [1.807, 2.05) is 0 Å². The molecule has 2 rings (SSSR count). The minimum Gasteiger partial charge on any atom is -0.383 e. The Labute approximate surface area is 93.8 Å². The Bertz CT molecular complexity index is 469. The van der Waals surface area contributed by atoms with Crippen LogP contribution in [0.1, 0.15) is 18.9 Å². The van der Waals surface area contributed by atoms with Crippen molar-refractivity contribution in [3.05, 3.63) is 30.5 Å². The second kappa shape index (κ2) is 4.65. The minimum absolute atomic E-state index is 0.525. The van der Waals surface area contributed by atoms with E-state index in [4.69, 9.17) is 5.73 Å². The quantitative estimate of drug-likeness (QED) is 0.838. The number of anilines is 1. The van der Waals surface area contributed by atoms with Crippen molar-refractivity contribution in [2.75, 3.05) is 5.73 Å². The number of aromatic nitrogens is 4. The van der Waals surface area contributed by atoms with Crippen LogP contribution in [-0.4, -0.2) is 19.9 Å². The van der Waals surface area contributed by atoms with Gasteiger partial charge in [0.25, 0.3) is 0 Å². The number of hydrogen-bond acceptors (Lipinski definition) is 5. The van der Waals surface area contributed by atoms with Gasteiger partial charge in [-0.2, -0.15) is 0 Å². The first-order valence-corrected chi connectivity index (χ1v) is 5.18. The lowest BCUT2D eigenvalue weighted by Gasteiger charge is -2.08. The molecule has 0 spiro atoms. The molecule has 0 unspecified atom stereocenters. The maximum absolute atomic E-state index is 5.85. The molecule has 5 heteroatoms. The highest BCUT2D eigenvalue weighted by Crippen LogP contribution is 2.22. The van der Waals surface area contributed by atoms with Gasteiger partial charge in [-0.1, -0.05) is 13.3 Å². The van der Waals surface area contributed by atoms with Crippen LogP contribution in [-0.2, 0) is 6.42 Å². The largest absolute Gasteiger partial charge is 0.383 e. The van der Waals surface area contributed by atoms with Crippen LogP contribution in [0.2, 0.25) is 0 Å². The number of hydrogen-bond donors (Lipinski definition) is 1. The molecule has 0 atom stereocenters. The smallest absolute Gasteiger partial charge is 0.130 e. The summed E-state index contributed by atoms with van der Waals surface area (Å²) in [5.74, 6) is 0.525. The first-order valence-electron chi connectivity index (χ1n) is 5.18. The van der Waals surface area contributed by atoms with Crippen LogP contribution in [0.4, 0.5) is 5.82 Å². The third kappa shape index (κ3) is 1.98. The molecule has 2 aromatic rings. The predicted molar refractivity (Wildman–Crippen MR) is 61.5 cm³/mol. The Morgan fingerprint density at radius 1 is 1.19 bits per heavy atom. The van der Waals surface area contributed by atoms with E-state index >= 15 is 0 Å². The molecule has 16 heavy (non-hydrogen) atoms. The highest BCUT2D eigenvalue weighted by molar-refractivity contribution is 5.63. The summed E-state index contributed by atoms with van der Waals surface area (Å²) in [6.07, 6.45) is 8.25. The Hall–Kier alpha value is -2.04. The summed E-state index contributed by atoms with van der Waals surface area (Å²) in [4.78, 5) is 16.5. The lowest BCUT2D eigenvalue weighted by molar-refractivity contribution is 0.906. The standard InChI is InChI=1S/C11H13N5/c1-2-3-8-10(15-7-16-11(8)12)9-6-13-4-5-14-9/h4-7H,2-3H2,1H3,(H2,12,15,16). The van der Waals surface area contributed by atoms with Gasteiger partial charge < -0.3 is 5.73 Å². The number of nitrogen functional groups attached to an aromatic ring is 1. The third-order valence-electron chi connectivity index (χ3n) is 2.28. The van der Waals surface area contributed by atoms with Crippen molar-refractivity contribution in [2.24, 2.45) is 0 Å². The molecule has 82 valence electrons. The molecule has 0 aliphatic heterocycles. The fourth-order valence-electron chi connectivity index (χ4n) is 1.56. The molecule has 0 saturated heterocycles. The fourth-order valence-corrected chi connectivity index (χ4v) is 1.56. The summed E-state index contributed by atoms with van der Waals surface area (Å²) in [7, 11) is 0. The Kier molecular flexibility index (Phi) is 3.05. The molecule has 0 aliphatic rings. The highest BCUT2D eigenvalue weighted by Gasteiger charge is 2.11. The first kappa shape index (κ1) is 10.5. The Balaban J connectivity index is 2.52. The topological polar surface area (TPSA) is 77.6 Å². The summed E-state index contributed by atoms with van der Waals surface area (Å²) in [6, 6.07) is 0. The normalized spacial score (nSPS) is 10.3. The minimum atomic E-state index is 0.525. The van der Waals surface area contributed by atoms with E-state index in [1.165, 1.54) is 6.33 Å². The first-order chi connectivity index (χ1) is 7.83. The molecular weight excluding hydrogens is 202 g/mol. The van der Waals surface area contributed by atoms with Crippen molar-refractivity contribution >= 4 is 5.82 Å². The van der Waals surface area contributed by atoms with Crippen molar-refractivity contribution in [2.45, 2.75) is 19.8 Å². The van der Waals surface area contributed by atoms with Crippen LogP contribution in [0.5, 0.6) is 0 Å². The Morgan fingerprint density at radius 2 is 2.06 bits per heavy atom. The average molecular weight is 215 g/mol. The summed E-state index contributed by atoms with van der Waals surface area (Å²) in [6.45, 7) is 2.09. The molecule has 2 N–H and O–H groups in total. The average Bonchev–Trinajstić information content (AvgIpc) is 2.33. The molecule has 0 amide bonds. The zero-order valence-electron chi connectivity index (χ0n) is 9.09. The second-order valence-electron chi connectivity index (χ2n) is 3.43. The van der Waals surface area contributed by atoms with E-state index in [0.29, 0.717) is 5.82 Å². The zero-order valence-corrected chi connectivity index (χ0v) is 9.09. The third-order valence-corrected chi connectivity index (χ3v) is 2.28. The predicted octanol–water partition coefficient (Wildman–Crippen LogP) is 1.47. The lowest BCUT2D eigenvalue weighted by Crippen LogP contribution is -2.03. The number of nitrogens with zero attached hydrogens (tertiary/aromatic N) is 4. The van der Waals surface area contributed by atoms with E-state index in [9.17, 15) is 0 Å². The van der Waals surface area contributed by atoms with Gasteiger partial charge in [0.2, 0.25) is 0 Å². The maximum Gasteiger partial charge on any atom is 0.130 e. The molecule has 0 aliphatic carbocycles. The Morgan fingerprint density at radius 3 is 2.75 bits per heavy atom. The van der Waals surface area contributed by atoms with Crippen molar-refractivity contribution < 1.29 is 0 Å². The zero-order chi connectivity index (χ0) is 11.4. The van der Waals surface area contributed by atoms with E-state index in [0.717, 1.165) is 29.8 Å². The molecule has 2 heterocycles. The van der Waals surface area contributed by atoms with Crippen molar-refractivity contribution in [1.29, 1.82) is 0 Å². The van der Waals surface area contributed by atoms with E-state index < -0.39 is 0 Å². The molecule has 0 radical (unpaired) electrons. The number of rotatable bonds is 3. The highest BCUT2D eigenvalue weighted by atomic mass is 14.9. The molecule has 0 fully saturated rings. The van der Waals surface area contributed by atoms with E-state index in [-0.39, 0.29) is 0 Å². The summed E-state index contributed by atoms with van der Waals surface area (Å²) >= 11 is 0. The van der Waals surface area contributed by atoms with Crippen molar-refractivity contribution in [1.82, 2.24) is 19.9 Å². The maximum atomic E-state index is 5.85. The molecular formula is C11H13N5. The van der Waals surface area contributed by atoms with Crippen LogP contribution in [0.3, 0.4) is 0 Å². The van der Waals surface area contributed by atoms with Crippen molar-refractivity contribution in [3.63, 3.8) is 0 Å². The van der Waals surface area contributed by atoms with Gasteiger partial charge in [0, 0.05) is 18.0 Å². The van der Waals surface area contributed by atoms with Crippen LogP contribution >= 0.6 is 0 Å². The van der Waals surface area contributed by atoms with Crippen LogP contribution < -0.4 is 5.73 Å². The molecule has 0 saturated carbocycles. The summed E-state index contributed by atoms with van der Waals surface area (Å²) in [5, 5.41) is 0. The van der Waals surface area contributed by atoms with Gasteiger partial charge in [0.1, 0.15) is 17.8 Å². The van der Waals surface area contributed by atoms with Gasteiger partial charge in [0.15, 0.2) is 0 Å². The van der Waals surface area contributed by atoms with Crippen LogP contribution in [0.15, 0.2) is 24.9 Å². The van der Waals surface area contributed by atoms with Gasteiger partial charge in [-0.25, -0.2) is 9.97 Å². The second-order valence-corrected chi connectivity index (χ2v) is 3.43. The summed E-state index contributed by atoms with van der Waals surface area (Å²) < 4.78 is 0. The van der Waals surface area contributed by atoms with Gasteiger partial charge in [-0.15, -0.1) is 0 Å². The molecule has 2 aromatic heterocycles. The lowest BCUT2D eigenvalue weighted by atomic mass is 10.1. The summed E-state index contributed by atoms with van der Waals surface area (Å²) in [5.41, 5.74) is 8.31. The molecule has 0 bridgehead atoms. The van der Waals surface area contributed by atoms with Crippen LogP contribution in [0.25, 0.3) is 11.4 Å². The van der Waals surface area contributed by atoms with Gasteiger partial charge in [-0.3, -0.25) is 9.97 Å². The number of nitrogens with two attached hydrogens (primary N) is 1. The van der Waals surface area contributed by atoms with Crippen molar-refractivity contribution in [3.8, 4) is 11.4 Å². The van der Waals surface area contributed by atoms with Gasteiger partial charge in [0.05, 0.1) is 11.9 Å². The molecule has 5 nitrogen and oxygen atoms in total. The molecule has 0 aromatic carbocycles. The van der Waals surface area contributed by atoms with E-state index in [2.05, 4.69) is 26.9 Å².